The SMILES string of the molecule is C[C@@H](NC(=O)[C@H]1CCCN1C(=O)OC(C)(C)C)C(=O)OCc1ccccc1. The highest BCUT2D eigenvalue weighted by atomic mass is 16.6. The zero-order chi connectivity index (χ0) is 20.0. The van der Waals surface area contributed by atoms with Gasteiger partial charge >= 0.3 is 12.1 Å². The van der Waals surface area contributed by atoms with Crippen molar-refractivity contribution in [2.24, 2.45) is 0 Å². The van der Waals surface area contributed by atoms with E-state index in [9.17, 15) is 14.4 Å². The number of carbonyl (C=O) groups excluding carboxylic acids is 3. The van der Waals surface area contributed by atoms with Gasteiger partial charge in [-0.2, -0.15) is 0 Å². The predicted octanol–water partition coefficient (Wildman–Crippen LogP) is 2.63. The monoisotopic (exact) mass is 376 g/mol. The Bertz CT molecular complexity index is 669. The first-order chi connectivity index (χ1) is 12.7. The van der Waals surface area contributed by atoms with Crippen molar-refractivity contribution < 1.29 is 23.9 Å². The average molecular weight is 376 g/mol. The molecule has 0 radical (unpaired) electrons. The number of hydrogen-bond acceptors (Lipinski definition) is 5. The van der Waals surface area contributed by atoms with Crippen molar-refractivity contribution >= 4 is 18.0 Å². The van der Waals surface area contributed by atoms with Crippen LogP contribution in [0.3, 0.4) is 0 Å². The molecule has 1 aliphatic rings. The molecule has 1 N–H and O–H groups in total. The van der Waals surface area contributed by atoms with Crippen LogP contribution in [0.4, 0.5) is 4.79 Å². The highest BCUT2D eigenvalue weighted by Gasteiger charge is 2.37. The molecule has 1 aromatic rings. The van der Waals surface area contributed by atoms with Gasteiger partial charge in [-0.05, 0) is 46.1 Å². The van der Waals surface area contributed by atoms with E-state index in [-0.39, 0.29) is 12.5 Å². The second-order valence-corrected chi connectivity index (χ2v) is 7.66. The Labute approximate surface area is 160 Å². The van der Waals surface area contributed by atoms with E-state index in [0.717, 1.165) is 5.56 Å². The van der Waals surface area contributed by atoms with Crippen LogP contribution < -0.4 is 5.32 Å². The Morgan fingerprint density at radius 1 is 1.22 bits per heavy atom. The number of nitrogens with zero attached hydrogens (tertiary/aromatic N) is 1. The molecule has 1 aliphatic heterocycles. The molecule has 0 aliphatic carbocycles. The van der Waals surface area contributed by atoms with Crippen LogP contribution in [0.5, 0.6) is 0 Å². The Balaban J connectivity index is 1.87. The van der Waals surface area contributed by atoms with Crippen molar-refractivity contribution in [2.75, 3.05) is 6.54 Å². The quantitative estimate of drug-likeness (QED) is 0.799. The van der Waals surface area contributed by atoms with Crippen LogP contribution >= 0.6 is 0 Å². The first kappa shape index (κ1) is 20.7. The first-order valence-electron chi connectivity index (χ1n) is 9.18. The number of hydrogen-bond donors (Lipinski definition) is 1. The standard InChI is InChI=1S/C20H28N2O5/c1-14(18(24)26-13-15-9-6-5-7-10-15)21-17(23)16-11-8-12-22(16)19(25)27-20(2,3)4/h5-7,9-10,14,16H,8,11-13H2,1-4H3,(H,21,23)/t14-,16-/m1/s1. The minimum atomic E-state index is -0.803. The van der Waals surface area contributed by atoms with Gasteiger partial charge in [-0.15, -0.1) is 0 Å². The summed E-state index contributed by atoms with van der Waals surface area (Å²) >= 11 is 0. The van der Waals surface area contributed by atoms with Crippen molar-refractivity contribution in [1.29, 1.82) is 0 Å². The summed E-state index contributed by atoms with van der Waals surface area (Å²) in [5, 5.41) is 2.64. The Kier molecular flexibility index (Phi) is 6.82. The molecule has 0 unspecified atom stereocenters. The average Bonchev–Trinajstić information content (AvgIpc) is 3.09. The number of likely N-dealkylation sites (tertiary alicyclic amines) is 1. The largest absolute Gasteiger partial charge is 0.459 e. The minimum Gasteiger partial charge on any atom is -0.459 e. The lowest BCUT2D eigenvalue weighted by molar-refractivity contribution is -0.149. The fourth-order valence-electron chi connectivity index (χ4n) is 2.80. The van der Waals surface area contributed by atoms with Gasteiger partial charge < -0.3 is 14.8 Å². The summed E-state index contributed by atoms with van der Waals surface area (Å²) in [5.74, 6) is -0.892. The lowest BCUT2D eigenvalue weighted by Crippen LogP contribution is -2.51. The summed E-state index contributed by atoms with van der Waals surface area (Å²) in [6.45, 7) is 7.51. The van der Waals surface area contributed by atoms with Gasteiger partial charge in [0.25, 0.3) is 0 Å². The highest BCUT2D eigenvalue weighted by Crippen LogP contribution is 2.21. The number of carbonyl (C=O) groups is 3. The van der Waals surface area contributed by atoms with Crippen molar-refractivity contribution in [3.63, 3.8) is 0 Å². The van der Waals surface area contributed by atoms with Gasteiger partial charge in [0, 0.05) is 6.54 Å². The van der Waals surface area contributed by atoms with Crippen LogP contribution in [0.2, 0.25) is 0 Å². The molecule has 0 saturated carbocycles. The van der Waals surface area contributed by atoms with E-state index < -0.39 is 29.7 Å². The molecule has 27 heavy (non-hydrogen) atoms. The third kappa shape index (κ3) is 6.27. The number of amides is 2. The molecular formula is C20H28N2O5. The number of rotatable bonds is 5. The molecule has 1 heterocycles. The van der Waals surface area contributed by atoms with Crippen LogP contribution in [0.25, 0.3) is 0 Å². The molecule has 148 valence electrons. The zero-order valence-electron chi connectivity index (χ0n) is 16.4. The summed E-state index contributed by atoms with van der Waals surface area (Å²) in [6.07, 6.45) is 0.737. The first-order valence-corrected chi connectivity index (χ1v) is 9.18. The summed E-state index contributed by atoms with van der Waals surface area (Å²) in [7, 11) is 0. The smallest absolute Gasteiger partial charge is 0.410 e. The Hall–Kier alpha value is -2.57. The fourth-order valence-corrected chi connectivity index (χ4v) is 2.80. The van der Waals surface area contributed by atoms with E-state index in [1.165, 1.54) is 4.90 Å². The molecule has 2 atom stereocenters. The second kappa shape index (κ2) is 8.88. The highest BCUT2D eigenvalue weighted by molar-refractivity contribution is 5.89. The molecule has 0 bridgehead atoms. The number of nitrogens with one attached hydrogen (secondary N) is 1. The normalized spacial score (nSPS) is 17.9. The van der Waals surface area contributed by atoms with Crippen molar-refractivity contribution in [2.45, 2.75) is 64.8 Å². The van der Waals surface area contributed by atoms with Crippen molar-refractivity contribution in [1.82, 2.24) is 10.2 Å². The van der Waals surface area contributed by atoms with Crippen LogP contribution in [-0.4, -0.2) is 47.1 Å². The number of esters is 1. The molecular weight excluding hydrogens is 348 g/mol. The van der Waals surface area contributed by atoms with Crippen LogP contribution in [0, 0.1) is 0 Å². The summed E-state index contributed by atoms with van der Waals surface area (Å²) in [4.78, 5) is 38.4. The zero-order valence-corrected chi connectivity index (χ0v) is 16.4. The predicted molar refractivity (Wildman–Crippen MR) is 99.8 cm³/mol. The molecule has 1 aromatic carbocycles. The van der Waals surface area contributed by atoms with Gasteiger partial charge in [0.1, 0.15) is 24.3 Å². The molecule has 2 rings (SSSR count). The fraction of sp³-hybridized carbons (Fsp3) is 0.550. The maximum absolute atomic E-state index is 12.5. The van der Waals surface area contributed by atoms with Crippen LogP contribution in [0.15, 0.2) is 30.3 Å². The van der Waals surface area contributed by atoms with E-state index in [4.69, 9.17) is 9.47 Å². The van der Waals surface area contributed by atoms with Gasteiger partial charge in [-0.25, -0.2) is 9.59 Å². The maximum Gasteiger partial charge on any atom is 0.410 e. The summed E-state index contributed by atoms with van der Waals surface area (Å²) in [5.41, 5.74) is 0.242. The summed E-state index contributed by atoms with van der Waals surface area (Å²) < 4.78 is 10.6. The van der Waals surface area contributed by atoms with Gasteiger partial charge in [-0.1, -0.05) is 30.3 Å². The van der Waals surface area contributed by atoms with E-state index in [0.29, 0.717) is 19.4 Å². The topological polar surface area (TPSA) is 84.9 Å². The van der Waals surface area contributed by atoms with Gasteiger partial charge in [0.2, 0.25) is 5.91 Å². The lowest BCUT2D eigenvalue weighted by atomic mass is 10.2. The second-order valence-electron chi connectivity index (χ2n) is 7.66. The van der Waals surface area contributed by atoms with Crippen molar-refractivity contribution in [3.8, 4) is 0 Å². The van der Waals surface area contributed by atoms with E-state index in [2.05, 4.69) is 5.32 Å². The minimum absolute atomic E-state index is 0.146. The van der Waals surface area contributed by atoms with Crippen LogP contribution in [-0.2, 0) is 25.7 Å². The molecule has 1 saturated heterocycles. The Morgan fingerprint density at radius 2 is 1.89 bits per heavy atom. The van der Waals surface area contributed by atoms with Crippen LogP contribution in [0.1, 0.15) is 46.1 Å². The molecule has 7 nitrogen and oxygen atoms in total. The third-order valence-corrected chi connectivity index (χ3v) is 4.12. The van der Waals surface area contributed by atoms with E-state index >= 15 is 0 Å². The summed E-state index contributed by atoms with van der Waals surface area (Å²) in [6, 6.07) is 7.87. The van der Waals surface area contributed by atoms with Gasteiger partial charge in [-0.3, -0.25) is 9.69 Å². The molecule has 0 spiro atoms. The van der Waals surface area contributed by atoms with Crippen molar-refractivity contribution in [3.05, 3.63) is 35.9 Å². The van der Waals surface area contributed by atoms with E-state index in [1.807, 2.05) is 30.3 Å². The third-order valence-electron chi connectivity index (χ3n) is 4.12. The number of benzene rings is 1. The van der Waals surface area contributed by atoms with Gasteiger partial charge in [0.05, 0.1) is 0 Å². The molecule has 0 aromatic heterocycles. The molecule has 7 heteroatoms. The van der Waals surface area contributed by atoms with E-state index in [1.54, 1.807) is 27.7 Å². The Morgan fingerprint density at radius 3 is 2.52 bits per heavy atom. The maximum atomic E-state index is 12.5. The molecule has 2 amide bonds. The molecule has 1 fully saturated rings. The lowest BCUT2D eigenvalue weighted by Gasteiger charge is -2.28. The van der Waals surface area contributed by atoms with Gasteiger partial charge in [0.15, 0.2) is 0 Å². The number of ether oxygens (including phenoxy) is 2.